The van der Waals surface area contributed by atoms with E-state index in [4.69, 9.17) is 0 Å². The van der Waals surface area contributed by atoms with E-state index < -0.39 is 0 Å². The van der Waals surface area contributed by atoms with Gasteiger partial charge in [0.05, 0.1) is 5.92 Å². The largest absolute Gasteiger partial charge is 0.242 e. The summed E-state index contributed by atoms with van der Waals surface area (Å²) in [6, 6.07) is 0. The summed E-state index contributed by atoms with van der Waals surface area (Å²) < 4.78 is 0. The molecule has 0 aromatic carbocycles. The Balaban J connectivity index is 1.90. The highest BCUT2D eigenvalue weighted by atomic mass is 15.5. The second kappa shape index (κ2) is 6.77. The average molecular weight is 250 g/mol. The molecule has 0 radical (unpaired) electrons. The summed E-state index contributed by atoms with van der Waals surface area (Å²) in [5.74, 6) is 1.45. The van der Waals surface area contributed by atoms with Crippen LogP contribution in [0.4, 0.5) is 0 Å². The predicted molar refractivity (Wildman–Crippen MR) is 63.6 cm³/mol. The quantitative estimate of drug-likeness (QED) is 0.681. The van der Waals surface area contributed by atoms with Crippen LogP contribution in [-0.4, -0.2) is 41.2 Å². The minimum absolute atomic E-state index is 0.0247. The first-order valence-electron chi connectivity index (χ1n) is 6.39. The molecule has 18 heavy (non-hydrogen) atoms. The van der Waals surface area contributed by atoms with Gasteiger partial charge in [-0.05, 0) is 27.3 Å². The fraction of sp³-hybridized carbons (Fsp3) is 0.800. The van der Waals surface area contributed by atoms with Crippen molar-refractivity contribution in [1.82, 2.24) is 41.2 Å². The van der Waals surface area contributed by atoms with Gasteiger partial charge < -0.3 is 0 Å². The average Bonchev–Trinajstić information content (AvgIpc) is 3.06. The van der Waals surface area contributed by atoms with Gasteiger partial charge in [0.15, 0.2) is 11.6 Å². The molecule has 0 amide bonds. The van der Waals surface area contributed by atoms with E-state index in [0.29, 0.717) is 11.6 Å². The zero-order valence-electron chi connectivity index (χ0n) is 10.5. The summed E-state index contributed by atoms with van der Waals surface area (Å²) >= 11 is 0. The number of tetrazole rings is 2. The van der Waals surface area contributed by atoms with Crippen molar-refractivity contribution >= 4 is 0 Å². The third-order valence-electron chi connectivity index (χ3n) is 2.98. The Kier molecular flexibility index (Phi) is 4.74. The predicted octanol–water partition coefficient (Wildman–Crippen LogP) is 1.21. The Hall–Kier alpha value is -1.86. The van der Waals surface area contributed by atoms with Crippen LogP contribution in [0.1, 0.15) is 63.0 Å². The maximum absolute atomic E-state index is 3.96. The molecular weight excluding hydrogens is 232 g/mol. The lowest BCUT2D eigenvalue weighted by Crippen LogP contribution is -2.06. The van der Waals surface area contributed by atoms with E-state index in [-0.39, 0.29) is 5.92 Å². The molecule has 2 N–H and O–H groups in total. The molecule has 0 aliphatic rings. The summed E-state index contributed by atoms with van der Waals surface area (Å²) in [6.07, 6.45) is 7.09. The van der Waals surface area contributed by atoms with E-state index in [1.54, 1.807) is 0 Å². The van der Waals surface area contributed by atoms with E-state index in [1.807, 2.05) is 0 Å². The highest BCUT2D eigenvalue weighted by Gasteiger charge is 2.20. The SMILES string of the molecule is CCCCCCCC(c1nnn[nH]1)c1nnn[nH]1. The third-order valence-corrected chi connectivity index (χ3v) is 2.98. The van der Waals surface area contributed by atoms with Crippen molar-refractivity contribution in [1.29, 1.82) is 0 Å². The van der Waals surface area contributed by atoms with Gasteiger partial charge in [0.2, 0.25) is 0 Å². The normalized spacial score (nSPS) is 11.2. The first-order chi connectivity index (χ1) is 8.92. The van der Waals surface area contributed by atoms with Crippen LogP contribution in [0.2, 0.25) is 0 Å². The van der Waals surface area contributed by atoms with Gasteiger partial charge in [0.25, 0.3) is 0 Å². The van der Waals surface area contributed by atoms with Crippen molar-refractivity contribution in [3.8, 4) is 0 Å². The van der Waals surface area contributed by atoms with Crippen LogP contribution in [-0.2, 0) is 0 Å². The number of rotatable bonds is 8. The lowest BCUT2D eigenvalue weighted by Gasteiger charge is -2.09. The van der Waals surface area contributed by atoms with Crippen molar-refractivity contribution in [2.45, 2.75) is 51.4 Å². The lowest BCUT2D eigenvalue weighted by atomic mass is 9.99. The fourth-order valence-electron chi connectivity index (χ4n) is 1.98. The maximum atomic E-state index is 3.96. The number of H-pyrrole nitrogens is 2. The second-order valence-corrected chi connectivity index (χ2v) is 4.33. The van der Waals surface area contributed by atoms with Crippen LogP contribution < -0.4 is 0 Å². The molecule has 0 atom stereocenters. The number of aromatic nitrogens is 8. The summed E-state index contributed by atoms with van der Waals surface area (Å²) in [6.45, 7) is 2.21. The highest BCUT2D eigenvalue weighted by Crippen LogP contribution is 2.23. The summed E-state index contributed by atoms with van der Waals surface area (Å²) in [7, 11) is 0. The lowest BCUT2D eigenvalue weighted by molar-refractivity contribution is 0.554. The van der Waals surface area contributed by atoms with E-state index in [9.17, 15) is 0 Å². The molecule has 8 nitrogen and oxygen atoms in total. The number of aromatic amines is 2. The number of hydrogen-bond acceptors (Lipinski definition) is 6. The molecule has 0 saturated carbocycles. The van der Waals surface area contributed by atoms with Crippen LogP contribution in [0, 0.1) is 0 Å². The minimum Gasteiger partial charge on any atom is -0.242 e. The van der Waals surface area contributed by atoms with Crippen molar-refractivity contribution in [2.24, 2.45) is 0 Å². The Morgan fingerprint density at radius 1 is 0.889 bits per heavy atom. The van der Waals surface area contributed by atoms with Gasteiger partial charge in [0, 0.05) is 0 Å². The standard InChI is InChI=1S/C10H18N8/c1-2-3-4-5-6-7-8(9-11-15-16-12-9)10-13-17-18-14-10/h8H,2-7H2,1H3,(H,11,12,15,16)(H,13,14,17,18). The molecule has 0 aliphatic heterocycles. The van der Waals surface area contributed by atoms with Crippen molar-refractivity contribution < 1.29 is 0 Å². The monoisotopic (exact) mass is 250 g/mol. The second-order valence-electron chi connectivity index (χ2n) is 4.33. The van der Waals surface area contributed by atoms with Crippen LogP contribution >= 0.6 is 0 Å². The number of unbranched alkanes of at least 4 members (excludes halogenated alkanes) is 4. The fourth-order valence-corrected chi connectivity index (χ4v) is 1.98. The molecule has 8 heteroatoms. The Morgan fingerprint density at radius 2 is 1.50 bits per heavy atom. The minimum atomic E-state index is 0.0247. The molecule has 0 aliphatic carbocycles. The molecule has 0 fully saturated rings. The van der Waals surface area contributed by atoms with Gasteiger partial charge in [-0.25, -0.2) is 10.2 Å². The molecule has 0 saturated heterocycles. The molecule has 0 bridgehead atoms. The van der Waals surface area contributed by atoms with Gasteiger partial charge in [0.1, 0.15) is 0 Å². The summed E-state index contributed by atoms with van der Waals surface area (Å²) in [4.78, 5) is 0. The topological polar surface area (TPSA) is 109 Å². The van der Waals surface area contributed by atoms with Crippen LogP contribution in [0.3, 0.4) is 0 Å². The zero-order chi connectivity index (χ0) is 12.6. The Morgan fingerprint density at radius 3 is 2.00 bits per heavy atom. The summed E-state index contributed by atoms with van der Waals surface area (Å²) in [5.41, 5.74) is 0. The van der Waals surface area contributed by atoms with Crippen molar-refractivity contribution in [3.05, 3.63) is 11.6 Å². The summed E-state index contributed by atoms with van der Waals surface area (Å²) in [5, 5.41) is 27.9. The van der Waals surface area contributed by atoms with E-state index >= 15 is 0 Å². The first kappa shape index (κ1) is 12.6. The van der Waals surface area contributed by atoms with E-state index in [2.05, 4.69) is 48.2 Å². The molecule has 2 heterocycles. The van der Waals surface area contributed by atoms with Gasteiger partial charge in [-0.15, -0.1) is 10.2 Å². The molecule has 2 rings (SSSR count). The van der Waals surface area contributed by atoms with E-state index in [1.165, 1.54) is 25.7 Å². The Labute approximate surface area is 105 Å². The molecule has 0 unspecified atom stereocenters. The number of nitrogens with one attached hydrogen (secondary N) is 2. The maximum Gasteiger partial charge on any atom is 0.159 e. The highest BCUT2D eigenvalue weighted by molar-refractivity contribution is 5.05. The van der Waals surface area contributed by atoms with Gasteiger partial charge in [-0.2, -0.15) is 0 Å². The Bertz CT molecular complexity index is 375. The van der Waals surface area contributed by atoms with Gasteiger partial charge in [-0.1, -0.05) is 39.0 Å². The van der Waals surface area contributed by atoms with E-state index in [0.717, 1.165) is 12.8 Å². The molecule has 2 aromatic rings. The smallest absolute Gasteiger partial charge is 0.159 e. The molecular formula is C10H18N8. The van der Waals surface area contributed by atoms with Gasteiger partial charge in [-0.3, -0.25) is 0 Å². The van der Waals surface area contributed by atoms with Crippen molar-refractivity contribution in [3.63, 3.8) is 0 Å². The molecule has 98 valence electrons. The molecule has 0 spiro atoms. The number of hydrogen-bond donors (Lipinski definition) is 2. The zero-order valence-corrected chi connectivity index (χ0v) is 10.5. The van der Waals surface area contributed by atoms with Crippen LogP contribution in [0.5, 0.6) is 0 Å². The third kappa shape index (κ3) is 3.31. The van der Waals surface area contributed by atoms with Gasteiger partial charge >= 0.3 is 0 Å². The van der Waals surface area contributed by atoms with Crippen LogP contribution in [0.15, 0.2) is 0 Å². The first-order valence-corrected chi connectivity index (χ1v) is 6.39. The number of nitrogens with zero attached hydrogens (tertiary/aromatic N) is 6. The van der Waals surface area contributed by atoms with Crippen molar-refractivity contribution in [2.75, 3.05) is 0 Å². The van der Waals surface area contributed by atoms with Crippen LogP contribution in [0.25, 0.3) is 0 Å². The molecule has 2 aromatic heterocycles.